The molecule has 3 nitrogen and oxygen atoms in total. The third-order valence-corrected chi connectivity index (χ3v) is 6.14. The zero-order valence-electron chi connectivity index (χ0n) is 17.0. The molecular weight excluding hydrogens is 436 g/mol. The first-order valence-electron chi connectivity index (χ1n) is 10.3. The minimum Gasteiger partial charge on any atom is -0.369 e. The van der Waals surface area contributed by atoms with E-state index in [2.05, 4.69) is 5.32 Å². The van der Waals surface area contributed by atoms with E-state index in [0.29, 0.717) is 28.8 Å². The highest BCUT2D eigenvalue weighted by atomic mass is 35.5. The number of piperidine rings is 1. The van der Waals surface area contributed by atoms with Gasteiger partial charge in [0.2, 0.25) is 0 Å². The maximum absolute atomic E-state index is 14.3. The average molecular weight is 460 g/mol. The third-order valence-electron chi connectivity index (χ3n) is 5.65. The summed E-state index contributed by atoms with van der Waals surface area (Å²) in [7, 11) is 0. The molecule has 1 saturated heterocycles. The first-order chi connectivity index (χ1) is 15.1. The van der Waals surface area contributed by atoms with Gasteiger partial charge in [-0.3, -0.25) is 0 Å². The van der Waals surface area contributed by atoms with Crippen molar-refractivity contribution < 1.29 is 13.9 Å². The van der Waals surface area contributed by atoms with Gasteiger partial charge in [0.1, 0.15) is 17.5 Å². The van der Waals surface area contributed by atoms with E-state index in [4.69, 9.17) is 32.7 Å². The molecule has 0 radical (unpaired) electrons. The number of halogens is 3. The first-order valence-corrected chi connectivity index (χ1v) is 11.0. The summed E-state index contributed by atoms with van der Waals surface area (Å²) in [5.74, 6) is -0.376. The highest BCUT2D eigenvalue weighted by molar-refractivity contribution is 6.30. The summed E-state index contributed by atoms with van der Waals surface area (Å²) in [5.41, 5.74) is 1.85. The summed E-state index contributed by atoms with van der Waals surface area (Å²) in [6, 6.07) is 22.4. The Bertz CT molecular complexity index is 1000. The van der Waals surface area contributed by atoms with Crippen LogP contribution in [0.25, 0.3) is 0 Å². The lowest BCUT2D eigenvalue weighted by atomic mass is 9.82. The number of hydrogen-bond acceptors (Lipinski definition) is 3. The molecule has 1 aliphatic rings. The van der Waals surface area contributed by atoms with Gasteiger partial charge in [0.05, 0.1) is 13.2 Å². The quantitative estimate of drug-likeness (QED) is 0.461. The molecule has 3 aromatic carbocycles. The lowest BCUT2D eigenvalue weighted by molar-refractivity contribution is -0.176. The first kappa shape index (κ1) is 22.3. The van der Waals surface area contributed by atoms with E-state index in [1.807, 2.05) is 54.6 Å². The monoisotopic (exact) mass is 459 g/mol. The molecule has 0 amide bonds. The van der Waals surface area contributed by atoms with Crippen molar-refractivity contribution in [3.8, 4) is 0 Å². The van der Waals surface area contributed by atoms with Gasteiger partial charge < -0.3 is 14.8 Å². The van der Waals surface area contributed by atoms with Crippen LogP contribution in [0.1, 0.15) is 23.1 Å². The molecule has 1 N–H and O–H groups in total. The van der Waals surface area contributed by atoms with Crippen LogP contribution in [0.2, 0.25) is 10.0 Å². The molecule has 1 fully saturated rings. The van der Waals surface area contributed by atoms with Gasteiger partial charge in [-0.2, -0.15) is 0 Å². The summed E-state index contributed by atoms with van der Waals surface area (Å²) < 4.78 is 27.2. The van der Waals surface area contributed by atoms with Crippen molar-refractivity contribution in [3.05, 3.63) is 105 Å². The zero-order chi connectivity index (χ0) is 21.7. The minimum absolute atomic E-state index is 0.124. The molecule has 0 unspecified atom stereocenters. The van der Waals surface area contributed by atoms with Crippen molar-refractivity contribution in [2.45, 2.75) is 31.3 Å². The number of benzene rings is 3. The molecule has 4 rings (SSSR count). The van der Waals surface area contributed by atoms with Crippen molar-refractivity contribution in [2.75, 3.05) is 13.1 Å². The molecule has 0 aliphatic carbocycles. The Labute approximate surface area is 192 Å². The van der Waals surface area contributed by atoms with Crippen molar-refractivity contribution in [1.29, 1.82) is 0 Å². The van der Waals surface area contributed by atoms with Crippen LogP contribution in [0.15, 0.2) is 72.8 Å². The minimum atomic E-state index is -0.686. The lowest BCUT2D eigenvalue weighted by Crippen LogP contribution is -2.54. The van der Waals surface area contributed by atoms with Gasteiger partial charge in [-0.15, -0.1) is 0 Å². The molecule has 162 valence electrons. The fraction of sp³-hybridized carbons (Fsp3) is 0.280. The topological polar surface area (TPSA) is 30.5 Å². The Morgan fingerprint density at radius 1 is 0.935 bits per heavy atom. The second kappa shape index (κ2) is 10.1. The molecule has 0 bridgehead atoms. The SMILES string of the molecule is Fc1cc(Cl)ccc1CO[C@H]1CNCC[C@@]1(OCc1ccccc1)c1ccc(Cl)cc1. The molecule has 0 spiro atoms. The van der Waals surface area contributed by atoms with Gasteiger partial charge in [-0.05, 0) is 48.4 Å². The van der Waals surface area contributed by atoms with Crippen LogP contribution in [0, 0.1) is 5.82 Å². The van der Waals surface area contributed by atoms with Crippen molar-refractivity contribution in [1.82, 2.24) is 5.32 Å². The number of hydrogen-bond donors (Lipinski definition) is 1. The van der Waals surface area contributed by atoms with Crippen LogP contribution in [-0.2, 0) is 28.3 Å². The molecule has 3 aromatic rings. The van der Waals surface area contributed by atoms with Gasteiger partial charge >= 0.3 is 0 Å². The van der Waals surface area contributed by atoms with E-state index in [0.717, 1.165) is 24.1 Å². The Morgan fingerprint density at radius 3 is 2.42 bits per heavy atom. The third kappa shape index (κ3) is 5.28. The second-order valence-electron chi connectivity index (χ2n) is 7.66. The molecule has 6 heteroatoms. The molecular formula is C25H24Cl2FNO2. The van der Waals surface area contributed by atoms with Crippen molar-refractivity contribution in [3.63, 3.8) is 0 Å². The molecule has 1 aliphatic heterocycles. The maximum Gasteiger partial charge on any atom is 0.130 e. The fourth-order valence-electron chi connectivity index (χ4n) is 3.95. The second-order valence-corrected chi connectivity index (χ2v) is 8.53. The highest BCUT2D eigenvalue weighted by Gasteiger charge is 2.44. The van der Waals surface area contributed by atoms with E-state index >= 15 is 0 Å². The molecule has 0 aromatic heterocycles. The van der Waals surface area contributed by atoms with Gasteiger partial charge in [-0.1, -0.05) is 71.7 Å². The normalized spacial score (nSPS) is 21.2. The average Bonchev–Trinajstić information content (AvgIpc) is 2.79. The molecule has 2 atom stereocenters. The predicted molar refractivity (Wildman–Crippen MR) is 122 cm³/mol. The van der Waals surface area contributed by atoms with Crippen molar-refractivity contribution in [2.24, 2.45) is 0 Å². The van der Waals surface area contributed by atoms with Crippen LogP contribution in [-0.4, -0.2) is 19.2 Å². The van der Waals surface area contributed by atoms with Gasteiger partial charge in [0.15, 0.2) is 0 Å². The maximum atomic E-state index is 14.3. The molecule has 1 heterocycles. The van der Waals surface area contributed by atoms with E-state index in [-0.39, 0.29) is 18.5 Å². The van der Waals surface area contributed by atoms with Crippen LogP contribution in [0.3, 0.4) is 0 Å². The fourth-order valence-corrected chi connectivity index (χ4v) is 4.24. The highest BCUT2D eigenvalue weighted by Crippen LogP contribution is 2.38. The van der Waals surface area contributed by atoms with E-state index < -0.39 is 5.60 Å². The summed E-state index contributed by atoms with van der Waals surface area (Å²) in [6.07, 6.45) is 0.399. The standard InChI is InChI=1S/C25H24Cl2FNO2/c26-21-10-7-20(8-11-21)25(31-16-18-4-2-1-3-5-18)12-13-29-15-24(25)30-17-19-6-9-22(27)14-23(19)28/h1-11,14,24,29H,12-13,15-17H2/t24-,25+/m0/s1. The number of rotatable bonds is 7. The smallest absolute Gasteiger partial charge is 0.130 e. The van der Waals surface area contributed by atoms with Crippen LogP contribution < -0.4 is 5.32 Å². The summed E-state index contributed by atoms with van der Waals surface area (Å²) in [5, 5.41) is 4.41. The summed E-state index contributed by atoms with van der Waals surface area (Å²) in [6.45, 7) is 1.94. The summed E-state index contributed by atoms with van der Waals surface area (Å²) >= 11 is 12.0. The molecule has 0 saturated carbocycles. The van der Waals surface area contributed by atoms with E-state index in [1.165, 1.54) is 6.07 Å². The van der Waals surface area contributed by atoms with E-state index in [9.17, 15) is 4.39 Å². The van der Waals surface area contributed by atoms with Gasteiger partial charge in [0, 0.05) is 22.2 Å². The lowest BCUT2D eigenvalue weighted by Gasteiger charge is -2.44. The number of ether oxygens (including phenoxy) is 2. The Morgan fingerprint density at radius 2 is 1.68 bits per heavy atom. The van der Waals surface area contributed by atoms with Gasteiger partial charge in [-0.25, -0.2) is 4.39 Å². The Balaban J connectivity index is 1.61. The Kier molecular flexibility index (Phi) is 7.26. The van der Waals surface area contributed by atoms with E-state index in [1.54, 1.807) is 12.1 Å². The van der Waals surface area contributed by atoms with Crippen LogP contribution >= 0.6 is 23.2 Å². The van der Waals surface area contributed by atoms with Crippen molar-refractivity contribution >= 4 is 23.2 Å². The Hall–Kier alpha value is -1.95. The number of nitrogens with one attached hydrogen (secondary N) is 1. The molecule has 31 heavy (non-hydrogen) atoms. The summed E-state index contributed by atoms with van der Waals surface area (Å²) in [4.78, 5) is 0. The predicted octanol–water partition coefficient (Wildman–Crippen LogP) is 6.12. The van der Waals surface area contributed by atoms with Crippen LogP contribution in [0.4, 0.5) is 4.39 Å². The largest absolute Gasteiger partial charge is 0.369 e. The van der Waals surface area contributed by atoms with Gasteiger partial charge in [0.25, 0.3) is 0 Å². The van der Waals surface area contributed by atoms with Crippen LogP contribution in [0.5, 0.6) is 0 Å². The zero-order valence-corrected chi connectivity index (χ0v) is 18.5.